The van der Waals surface area contributed by atoms with Crippen molar-refractivity contribution in [2.24, 2.45) is 11.8 Å². The maximum atomic E-state index is 11.8. The van der Waals surface area contributed by atoms with Crippen LogP contribution in [0.25, 0.3) is 0 Å². The van der Waals surface area contributed by atoms with Gasteiger partial charge in [-0.1, -0.05) is 18.2 Å². The summed E-state index contributed by atoms with van der Waals surface area (Å²) in [5, 5.41) is 2.90. The Morgan fingerprint density at radius 1 is 1.38 bits per heavy atom. The summed E-state index contributed by atoms with van der Waals surface area (Å²) in [5.41, 5.74) is 2.00. The third-order valence-corrected chi connectivity index (χ3v) is 3.81. The molecular weight excluding hydrogens is 202 g/mol. The number of carbonyl (C=O) groups excluding carboxylic acids is 2. The van der Waals surface area contributed by atoms with Crippen molar-refractivity contribution >= 4 is 17.4 Å². The highest BCUT2D eigenvalue weighted by Crippen LogP contribution is 2.52. The van der Waals surface area contributed by atoms with Gasteiger partial charge >= 0.3 is 0 Å². The maximum Gasteiger partial charge on any atom is 0.228 e. The number of rotatable bonds is 1. The first-order valence-corrected chi connectivity index (χ1v) is 5.58. The molecule has 1 amide bonds. The van der Waals surface area contributed by atoms with Gasteiger partial charge in [-0.15, -0.1) is 0 Å². The normalized spacial score (nSPS) is 30.8. The molecule has 3 nitrogen and oxygen atoms in total. The number of Topliss-reactive ketones (excluding diaryl/α,β-unsaturated/α-hetero) is 1. The first-order chi connectivity index (χ1) is 7.68. The van der Waals surface area contributed by atoms with Gasteiger partial charge in [0.05, 0.1) is 0 Å². The van der Waals surface area contributed by atoms with E-state index < -0.39 is 0 Å². The van der Waals surface area contributed by atoms with E-state index in [0.29, 0.717) is 6.42 Å². The van der Waals surface area contributed by atoms with Gasteiger partial charge in [-0.05, 0) is 25.0 Å². The number of amides is 1. The zero-order valence-corrected chi connectivity index (χ0v) is 9.07. The summed E-state index contributed by atoms with van der Waals surface area (Å²) < 4.78 is 0. The van der Waals surface area contributed by atoms with E-state index >= 15 is 0 Å². The van der Waals surface area contributed by atoms with Crippen LogP contribution in [0.3, 0.4) is 0 Å². The molecule has 0 saturated heterocycles. The van der Waals surface area contributed by atoms with Crippen LogP contribution < -0.4 is 5.32 Å². The van der Waals surface area contributed by atoms with Crippen molar-refractivity contribution in [2.45, 2.75) is 19.3 Å². The number of benzene rings is 1. The van der Waals surface area contributed by atoms with Crippen LogP contribution in [0.2, 0.25) is 0 Å². The minimum absolute atomic E-state index is 0.00352. The molecule has 0 spiro atoms. The predicted octanol–water partition coefficient (Wildman–Crippen LogP) is 1.95. The fourth-order valence-corrected chi connectivity index (χ4v) is 2.90. The molecule has 1 aliphatic carbocycles. The molecule has 3 heteroatoms. The number of fused-ring (bicyclic) bond motifs is 3. The van der Waals surface area contributed by atoms with Crippen LogP contribution in [0.15, 0.2) is 24.3 Å². The third-order valence-electron chi connectivity index (χ3n) is 3.81. The highest BCUT2D eigenvalue weighted by atomic mass is 16.2. The van der Waals surface area contributed by atoms with Crippen molar-refractivity contribution in [1.82, 2.24) is 0 Å². The van der Waals surface area contributed by atoms with Gasteiger partial charge < -0.3 is 5.32 Å². The number of carbonyl (C=O) groups is 2. The molecule has 1 heterocycles. The van der Waals surface area contributed by atoms with Crippen molar-refractivity contribution in [3.8, 4) is 0 Å². The third kappa shape index (κ3) is 1.14. The summed E-state index contributed by atoms with van der Waals surface area (Å²) in [6.07, 6.45) is 0.708. The molecule has 1 aromatic carbocycles. The first kappa shape index (κ1) is 9.58. The van der Waals surface area contributed by atoms with Crippen molar-refractivity contribution in [1.29, 1.82) is 0 Å². The van der Waals surface area contributed by atoms with E-state index in [-0.39, 0.29) is 29.4 Å². The van der Waals surface area contributed by atoms with Gasteiger partial charge in [-0.2, -0.15) is 0 Å². The molecule has 1 saturated carbocycles. The van der Waals surface area contributed by atoms with Gasteiger partial charge in [0.15, 0.2) is 0 Å². The molecule has 0 unspecified atom stereocenters. The van der Waals surface area contributed by atoms with Crippen molar-refractivity contribution in [2.75, 3.05) is 5.32 Å². The van der Waals surface area contributed by atoms with Crippen molar-refractivity contribution in [3.63, 3.8) is 0 Å². The van der Waals surface area contributed by atoms with Crippen LogP contribution in [0.1, 0.15) is 24.8 Å². The molecule has 0 radical (unpaired) electrons. The largest absolute Gasteiger partial charge is 0.326 e. The molecule has 3 rings (SSSR count). The summed E-state index contributed by atoms with van der Waals surface area (Å²) in [5.74, 6) is 0.426. The quantitative estimate of drug-likeness (QED) is 0.778. The molecule has 3 atom stereocenters. The SMILES string of the molecule is CC(=O)[C@@H]1C[C@H]2C(=O)Nc3ccccc3[C@@H]12. The lowest BCUT2D eigenvalue weighted by Gasteiger charge is -2.46. The monoisotopic (exact) mass is 215 g/mol. The van der Waals surface area contributed by atoms with Gasteiger partial charge in [0.25, 0.3) is 0 Å². The van der Waals surface area contributed by atoms with E-state index in [1.807, 2.05) is 24.3 Å². The Kier molecular flexibility index (Phi) is 1.90. The number of hydrogen-bond donors (Lipinski definition) is 1. The average molecular weight is 215 g/mol. The van der Waals surface area contributed by atoms with E-state index in [0.717, 1.165) is 11.3 Å². The second kappa shape index (κ2) is 3.17. The van der Waals surface area contributed by atoms with Gasteiger partial charge in [-0.3, -0.25) is 9.59 Å². The Bertz CT molecular complexity index is 481. The maximum absolute atomic E-state index is 11.8. The molecule has 1 aliphatic heterocycles. The minimum Gasteiger partial charge on any atom is -0.326 e. The van der Waals surface area contributed by atoms with Gasteiger partial charge in [0.1, 0.15) is 5.78 Å². The Morgan fingerprint density at radius 2 is 2.12 bits per heavy atom. The number of nitrogens with one attached hydrogen (secondary N) is 1. The van der Waals surface area contributed by atoms with Crippen LogP contribution in [0.4, 0.5) is 5.69 Å². The van der Waals surface area contributed by atoms with Crippen LogP contribution in [-0.4, -0.2) is 11.7 Å². The predicted molar refractivity (Wildman–Crippen MR) is 60.1 cm³/mol. The highest BCUT2D eigenvalue weighted by molar-refractivity contribution is 5.99. The van der Waals surface area contributed by atoms with Gasteiger partial charge in [0, 0.05) is 23.4 Å². The lowest BCUT2D eigenvalue weighted by atomic mass is 9.58. The topological polar surface area (TPSA) is 46.2 Å². The summed E-state index contributed by atoms with van der Waals surface area (Å²) in [7, 11) is 0. The molecule has 1 N–H and O–H groups in total. The zero-order chi connectivity index (χ0) is 11.3. The summed E-state index contributed by atoms with van der Waals surface area (Å²) in [4.78, 5) is 23.2. The van der Waals surface area contributed by atoms with E-state index in [2.05, 4.69) is 5.32 Å². The van der Waals surface area contributed by atoms with Gasteiger partial charge in [-0.25, -0.2) is 0 Å². The van der Waals surface area contributed by atoms with Crippen LogP contribution in [0, 0.1) is 11.8 Å². The van der Waals surface area contributed by atoms with Crippen LogP contribution in [-0.2, 0) is 9.59 Å². The fraction of sp³-hybridized carbons (Fsp3) is 0.385. The Morgan fingerprint density at radius 3 is 2.88 bits per heavy atom. The van der Waals surface area contributed by atoms with E-state index in [4.69, 9.17) is 0 Å². The molecular formula is C13H13NO2. The second-order valence-corrected chi connectivity index (χ2v) is 4.66. The summed E-state index contributed by atoms with van der Waals surface area (Å²) in [6.45, 7) is 1.62. The highest BCUT2D eigenvalue weighted by Gasteiger charge is 2.50. The Hall–Kier alpha value is -1.64. The van der Waals surface area contributed by atoms with Gasteiger partial charge in [0.2, 0.25) is 5.91 Å². The number of para-hydroxylation sites is 1. The smallest absolute Gasteiger partial charge is 0.228 e. The molecule has 1 fully saturated rings. The zero-order valence-electron chi connectivity index (χ0n) is 9.07. The lowest BCUT2D eigenvalue weighted by molar-refractivity contribution is -0.133. The first-order valence-electron chi connectivity index (χ1n) is 5.58. The number of hydrogen-bond acceptors (Lipinski definition) is 2. The molecule has 1 aromatic rings. The number of anilines is 1. The van der Waals surface area contributed by atoms with E-state index in [9.17, 15) is 9.59 Å². The van der Waals surface area contributed by atoms with Crippen molar-refractivity contribution in [3.05, 3.63) is 29.8 Å². The molecule has 0 aromatic heterocycles. The molecule has 2 aliphatic rings. The minimum atomic E-state index is 0.00352. The molecule has 82 valence electrons. The Balaban J connectivity index is 2.05. The summed E-state index contributed by atoms with van der Waals surface area (Å²) >= 11 is 0. The van der Waals surface area contributed by atoms with Crippen LogP contribution >= 0.6 is 0 Å². The fourth-order valence-electron chi connectivity index (χ4n) is 2.90. The van der Waals surface area contributed by atoms with Crippen molar-refractivity contribution < 1.29 is 9.59 Å². The number of ketones is 1. The van der Waals surface area contributed by atoms with E-state index in [1.165, 1.54) is 0 Å². The average Bonchev–Trinajstić information content (AvgIpc) is 2.17. The lowest BCUT2D eigenvalue weighted by Crippen LogP contribution is -2.48. The summed E-state index contributed by atoms with van der Waals surface area (Å²) in [6, 6.07) is 7.78. The van der Waals surface area contributed by atoms with Crippen LogP contribution in [0.5, 0.6) is 0 Å². The van der Waals surface area contributed by atoms with E-state index in [1.54, 1.807) is 6.92 Å². The molecule has 0 bridgehead atoms. The molecule has 16 heavy (non-hydrogen) atoms. The standard InChI is InChI=1S/C13H13NO2/c1-7(15)9-6-10-12(9)8-4-2-3-5-11(8)14-13(10)16/h2-5,9-10,12H,6H2,1H3,(H,14,16)/t9-,10+,12-/m0/s1. The second-order valence-electron chi connectivity index (χ2n) is 4.66. The Labute approximate surface area is 93.8 Å².